The summed E-state index contributed by atoms with van der Waals surface area (Å²) in [5.74, 6) is -0.613. The van der Waals surface area contributed by atoms with Crippen molar-refractivity contribution in [3.8, 4) is 0 Å². The molecule has 1 aliphatic rings. The van der Waals surface area contributed by atoms with Gasteiger partial charge in [-0.2, -0.15) is 0 Å². The summed E-state index contributed by atoms with van der Waals surface area (Å²) in [7, 11) is 0. The lowest BCUT2D eigenvalue weighted by Gasteiger charge is -2.24. The predicted molar refractivity (Wildman–Crippen MR) is 105 cm³/mol. The minimum absolute atomic E-state index is 0.0727. The number of Topliss-reactive ketones (excluding diaryl/α,β-unsaturated/α-hetero) is 1. The van der Waals surface area contributed by atoms with E-state index >= 15 is 4.39 Å². The van der Waals surface area contributed by atoms with Gasteiger partial charge in [0.2, 0.25) is 0 Å². The summed E-state index contributed by atoms with van der Waals surface area (Å²) in [4.78, 5) is 24.2. The number of nitrogens with one attached hydrogen (secondary N) is 1. The highest BCUT2D eigenvalue weighted by molar-refractivity contribution is 6.35. The molecule has 2 atom stereocenters. The molecule has 0 saturated heterocycles. The Balaban J connectivity index is 1.95. The Bertz CT molecular complexity index is 849. The molecule has 0 aliphatic heterocycles. The van der Waals surface area contributed by atoms with Crippen molar-refractivity contribution in [2.45, 2.75) is 45.2 Å². The number of hydrogen-bond acceptors (Lipinski definition) is 3. The molecule has 0 unspecified atom stereocenters. The van der Waals surface area contributed by atoms with Crippen molar-refractivity contribution >= 4 is 23.2 Å². The number of ketones is 2. The third kappa shape index (κ3) is 4.63. The number of benzene rings is 2. The van der Waals surface area contributed by atoms with Gasteiger partial charge in [-0.25, -0.2) is 4.39 Å². The van der Waals surface area contributed by atoms with E-state index in [-0.39, 0.29) is 28.5 Å². The topological polar surface area (TPSA) is 46.2 Å². The molecule has 3 nitrogen and oxygen atoms in total. The third-order valence-corrected chi connectivity index (χ3v) is 5.19. The average Bonchev–Trinajstić information content (AvgIpc) is 3.45. The van der Waals surface area contributed by atoms with E-state index in [2.05, 4.69) is 5.32 Å². The molecule has 0 heterocycles. The SMILES string of the molecule is CC(=O)C[C@@H](C)N[C@@H](c1ccc(Cl)c(C(=O)c2ccccc2)c1F)C1CC1. The molecule has 142 valence electrons. The second-order valence-corrected chi connectivity index (χ2v) is 7.72. The summed E-state index contributed by atoms with van der Waals surface area (Å²) in [6, 6.07) is 11.5. The standard InChI is InChI=1S/C22H23ClFNO2/c1-13(12-14(2)26)25-21(15-8-9-15)17-10-11-18(23)19(20(17)24)22(27)16-6-4-3-5-7-16/h3-7,10-11,13,15,21,25H,8-9,12H2,1-2H3/t13-,21-/m1/s1. The number of carbonyl (C=O) groups is 2. The minimum atomic E-state index is -0.573. The van der Waals surface area contributed by atoms with E-state index in [4.69, 9.17) is 11.6 Å². The molecular formula is C22H23ClFNO2. The molecule has 1 saturated carbocycles. The van der Waals surface area contributed by atoms with Crippen molar-refractivity contribution in [3.63, 3.8) is 0 Å². The van der Waals surface area contributed by atoms with Crippen LogP contribution in [0.2, 0.25) is 5.02 Å². The van der Waals surface area contributed by atoms with Gasteiger partial charge in [-0.15, -0.1) is 0 Å². The van der Waals surface area contributed by atoms with Crippen LogP contribution in [0.4, 0.5) is 4.39 Å². The lowest BCUT2D eigenvalue weighted by molar-refractivity contribution is -0.117. The largest absolute Gasteiger partial charge is 0.307 e. The Morgan fingerprint density at radius 3 is 2.44 bits per heavy atom. The van der Waals surface area contributed by atoms with Crippen molar-refractivity contribution in [3.05, 3.63) is 70.0 Å². The predicted octanol–water partition coefficient (Wildman–Crippen LogP) is 5.12. The zero-order chi connectivity index (χ0) is 19.6. The van der Waals surface area contributed by atoms with Crippen LogP contribution in [0.15, 0.2) is 42.5 Å². The van der Waals surface area contributed by atoms with E-state index in [1.54, 1.807) is 49.4 Å². The zero-order valence-corrected chi connectivity index (χ0v) is 16.2. The van der Waals surface area contributed by atoms with E-state index in [1.807, 2.05) is 6.92 Å². The maximum absolute atomic E-state index is 15.4. The summed E-state index contributed by atoms with van der Waals surface area (Å²) in [6.07, 6.45) is 2.37. The van der Waals surface area contributed by atoms with Gasteiger partial charge in [0, 0.05) is 29.6 Å². The fourth-order valence-corrected chi connectivity index (χ4v) is 3.69. The van der Waals surface area contributed by atoms with Crippen LogP contribution in [-0.4, -0.2) is 17.6 Å². The first-order chi connectivity index (χ1) is 12.9. The molecule has 0 radical (unpaired) electrons. The number of hydrogen-bond donors (Lipinski definition) is 1. The van der Waals surface area contributed by atoms with Crippen LogP contribution in [0, 0.1) is 11.7 Å². The first-order valence-electron chi connectivity index (χ1n) is 9.21. The van der Waals surface area contributed by atoms with E-state index < -0.39 is 11.6 Å². The molecule has 0 bridgehead atoms. The van der Waals surface area contributed by atoms with Crippen LogP contribution < -0.4 is 5.32 Å². The van der Waals surface area contributed by atoms with Gasteiger partial charge < -0.3 is 5.32 Å². The van der Waals surface area contributed by atoms with Gasteiger partial charge in [-0.05, 0) is 38.7 Å². The molecule has 1 fully saturated rings. The van der Waals surface area contributed by atoms with Crippen molar-refractivity contribution in [2.24, 2.45) is 5.92 Å². The summed E-state index contributed by atoms with van der Waals surface area (Å²) in [6.45, 7) is 3.46. The third-order valence-electron chi connectivity index (χ3n) is 4.87. The first kappa shape index (κ1) is 19.7. The van der Waals surface area contributed by atoms with Crippen molar-refractivity contribution in [2.75, 3.05) is 0 Å². The van der Waals surface area contributed by atoms with Crippen LogP contribution in [0.1, 0.15) is 60.6 Å². The van der Waals surface area contributed by atoms with Gasteiger partial charge in [0.15, 0.2) is 5.78 Å². The Morgan fingerprint density at radius 1 is 1.19 bits per heavy atom. The van der Waals surface area contributed by atoms with Crippen LogP contribution in [0.3, 0.4) is 0 Å². The Hall–Kier alpha value is -2.04. The van der Waals surface area contributed by atoms with Gasteiger partial charge in [-0.3, -0.25) is 9.59 Å². The molecule has 5 heteroatoms. The molecule has 0 amide bonds. The smallest absolute Gasteiger partial charge is 0.197 e. The molecule has 1 N–H and O–H groups in total. The van der Waals surface area contributed by atoms with E-state index in [0.717, 1.165) is 12.8 Å². The van der Waals surface area contributed by atoms with E-state index in [0.29, 0.717) is 23.5 Å². The van der Waals surface area contributed by atoms with Gasteiger partial charge in [0.05, 0.1) is 10.6 Å². The first-order valence-corrected chi connectivity index (χ1v) is 9.59. The van der Waals surface area contributed by atoms with E-state index in [9.17, 15) is 9.59 Å². The summed E-state index contributed by atoms with van der Waals surface area (Å²) >= 11 is 6.19. The lowest BCUT2D eigenvalue weighted by atomic mass is 9.94. The maximum atomic E-state index is 15.4. The molecular weight excluding hydrogens is 365 g/mol. The molecule has 2 aromatic rings. The molecule has 3 rings (SSSR count). The van der Waals surface area contributed by atoms with Crippen LogP contribution in [-0.2, 0) is 4.79 Å². The second kappa shape index (κ2) is 8.32. The molecule has 0 aromatic heterocycles. The van der Waals surface area contributed by atoms with Gasteiger partial charge in [-0.1, -0.05) is 48.0 Å². The van der Waals surface area contributed by atoms with Gasteiger partial charge in [0.1, 0.15) is 11.6 Å². The van der Waals surface area contributed by atoms with Gasteiger partial charge >= 0.3 is 0 Å². The quantitative estimate of drug-likeness (QED) is 0.639. The number of halogens is 2. The number of carbonyl (C=O) groups excluding carboxylic acids is 2. The highest BCUT2D eigenvalue weighted by atomic mass is 35.5. The van der Waals surface area contributed by atoms with Crippen molar-refractivity contribution in [1.82, 2.24) is 5.32 Å². The average molecular weight is 388 g/mol. The maximum Gasteiger partial charge on any atom is 0.197 e. The van der Waals surface area contributed by atoms with Crippen LogP contribution in [0.5, 0.6) is 0 Å². The number of rotatable bonds is 8. The summed E-state index contributed by atoms with van der Waals surface area (Å²) < 4.78 is 15.4. The van der Waals surface area contributed by atoms with Crippen molar-refractivity contribution < 1.29 is 14.0 Å². The highest BCUT2D eigenvalue weighted by Gasteiger charge is 2.36. The molecule has 0 spiro atoms. The Kier molecular flexibility index (Phi) is 6.08. The van der Waals surface area contributed by atoms with Crippen LogP contribution in [0.25, 0.3) is 0 Å². The van der Waals surface area contributed by atoms with E-state index in [1.165, 1.54) is 0 Å². The zero-order valence-electron chi connectivity index (χ0n) is 15.5. The lowest BCUT2D eigenvalue weighted by Crippen LogP contribution is -2.34. The fraction of sp³-hybridized carbons (Fsp3) is 0.364. The molecule has 2 aromatic carbocycles. The monoisotopic (exact) mass is 387 g/mol. The molecule has 27 heavy (non-hydrogen) atoms. The summed E-state index contributed by atoms with van der Waals surface area (Å²) in [5.41, 5.74) is 0.750. The fourth-order valence-electron chi connectivity index (χ4n) is 3.46. The van der Waals surface area contributed by atoms with Gasteiger partial charge in [0.25, 0.3) is 0 Å². The second-order valence-electron chi connectivity index (χ2n) is 7.31. The highest BCUT2D eigenvalue weighted by Crippen LogP contribution is 2.43. The minimum Gasteiger partial charge on any atom is -0.307 e. The van der Waals surface area contributed by atoms with Crippen molar-refractivity contribution in [1.29, 1.82) is 0 Å². The van der Waals surface area contributed by atoms with Crippen LogP contribution >= 0.6 is 11.6 Å². The summed E-state index contributed by atoms with van der Waals surface area (Å²) in [5, 5.41) is 3.49. The normalized spacial score (nSPS) is 16.0. The molecule has 1 aliphatic carbocycles. The Labute approximate surface area is 163 Å². The Morgan fingerprint density at radius 2 is 1.85 bits per heavy atom.